The molecule has 1 fully saturated rings. The highest BCUT2D eigenvalue weighted by atomic mass is 32.2. The minimum atomic E-state index is 0.0407. The predicted octanol–water partition coefficient (Wildman–Crippen LogP) is 3.17. The predicted molar refractivity (Wildman–Crippen MR) is 104 cm³/mol. The summed E-state index contributed by atoms with van der Waals surface area (Å²) < 4.78 is 10.5. The van der Waals surface area contributed by atoms with Gasteiger partial charge in [-0.2, -0.15) is 5.10 Å². The van der Waals surface area contributed by atoms with Crippen LogP contribution >= 0.6 is 11.8 Å². The molecule has 1 aliphatic heterocycles. The Morgan fingerprint density at radius 2 is 1.88 bits per heavy atom. The third-order valence-corrected chi connectivity index (χ3v) is 4.75. The lowest BCUT2D eigenvalue weighted by atomic mass is 10.2. The van der Waals surface area contributed by atoms with Crippen molar-refractivity contribution in [1.82, 2.24) is 4.90 Å². The van der Waals surface area contributed by atoms with Gasteiger partial charge in [-0.1, -0.05) is 42.1 Å². The number of nitrogens with zero attached hydrogens (tertiary/aromatic N) is 3. The smallest absolute Gasteiger partial charge is 0.239 e. The molecule has 0 spiro atoms. The summed E-state index contributed by atoms with van der Waals surface area (Å²) >= 11 is 1.39. The molecule has 1 aliphatic rings. The summed E-state index contributed by atoms with van der Waals surface area (Å²) in [7, 11) is 3.18. The van der Waals surface area contributed by atoms with Crippen molar-refractivity contribution in [1.29, 1.82) is 0 Å². The van der Waals surface area contributed by atoms with Gasteiger partial charge in [-0.05, 0) is 29.3 Å². The van der Waals surface area contributed by atoms with Gasteiger partial charge < -0.3 is 9.47 Å². The van der Waals surface area contributed by atoms with Crippen LogP contribution in [-0.2, 0) is 11.3 Å². The molecule has 0 unspecified atom stereocenters. The third kappa shape index (κ3) is 4.23. The van der Waals surface area contributed by atoms with Crippen LogP contribution in [0.2, 0.25) is 0 Å². The summed E-state index contributed by atoms with van der Waals surface area (Å²) in [6.07, 6.45) is 1.62. The van der Waals surface area contributed by atoms with Gasteiger partial charge in [0.2, 0.25) is 5.91 Å². The molecular weight excluding hydrogens is 350 g/mol. The zero-order chi connectivity index (χ0) is 18.4. The zero-order valence-corrected chi connectivity index (χ0v) is 15.4. The van der Waals surface area contributed by atoms with E-state index in [0.29, 0.717) is 29.0 Å². The molecule has 0 N–H and O–H groups in total. The first kappa shape index (κ1) is 18.0. The van der Waals surface area contributed by atoms with Gasteiger partial charge in [0.25, 0.3) is 0 Å². The van der Waals surface area contributed by atoms with Crippen molar-refractivity contribution in [2.75, 3.05) is 20.0 Å². The lowest BCUT2D eigenvalue weighted by molar-refractivity contribution is -0.124. The second-order valence-electron chi connectivity index (χ2n) is 5.50. The molecule has 0 aromatic heterocycles. The fraction of sp³-hybridized carbons (Fsp3) is 0.211. The molecular formula is C19H19N3O3S. The molecule has 1 saturated heterocycles. The van der Waals surface area contributed by atoms with Crippen molar-refractivity contribution < 1.29 is 14.3 Å². The van der Waals surface area contributed by atoms with Gasteiger partial charge in [0.05, 0.1) is 32.7 Å². The van der Waals surface area contributed by atoms with E-state index < -0.39 is 0 Å². The Kier molecular flexibility index (Phi) is 5.91. The zero-order valence-electron chi connectivity index (χ0n) is 14.6. The van der Waals surface area contributed by atoms with Crippen LogP contribution in [0.1, 0.15) is 11.1 Å². The maximum atomic E-state index is 12.1. The van der Waals surface area contributed by atoms with Crippen molar-refractivity contribution in [2.24, 2.45) is 10.2 Å². The highest BCUT2D eigenvalue weighted by Crippen LogP contribution is 2.27. The quantitative estimate of drug-likeness (QED) is 0.580. The lowest BCUT2D eigenvalue weighted by Crippen LogP contribution is -2.28. The third-order valence-electron chi connectivity index (χ3n) is 3.80. The number of carbonyl (C=O) groups excluding carboxylic acids is 1. The standard InChI is InChI=1S/C19H19N3O3S/c1-24-16-9-8-15(10-17(16)25-2)11-20-21-19-22(18(23)13-26-19)12-14-6-4-3-5-7-14/h3-11H,12-13H2,1-2H3/b20-11+,21-19-. The normalized spacial score (nSPS) is 15.8. The molecule has 2 aromatic carbocycles. The minimum Gasteiger partial charge on any atom is -0.493 e. The van der Waals surface area contributed by atoms with Crippen LogP contribution in [0.4, 0.5) is 0 Å². The number of hydrogen-bond acceptors (Lipinski definition) is 6. The second kappa shape index (κ2) is 8.53. The highest BCUT2D eigenvalue weighted by molar-refractivity contribution is 8.15. The van der Waals surface area contributed by atoms with Crippen molar-refractivity contribution >= 4 is 29.1 Å². The van der Waals surface area contributed by atoms with Crippen LogP contribution in [0.5, 0.6) is 11.5 Å². The molecule has 0 atom stereocenters. The van der Waals surface area contributed by atoms with E-state index in [-0.39, 0.29) is 5.91 Å². The minimum absolute atomic E-state index is 0.0407. The molecule has 1 heterocycles. The van der Waals surface area contributed by atoms with Gasteiger partial charge in [0.15, 0.2) is 16.7 Å². The molecule has 0 radical (unpaired) electrons. The fourth-order valence-electron chi connectivity index (χ4n) is 2.47. The van der Waals surface area contributed by atoms with Gasteiger partial charge in [-0.25, -0.2) is 0 Å². The lowest BCUT2D eigenvalue weighted by Gasteiger charge is -2.14. The summed E-state index contributed by atoms with van der Waals surface area (Å²) in [4.78, 5) is 13.8. The van der Waals surface area contributed by atoms with Crippen molar-refractivity contribution in [3.63, 3.8) is 0 Å². The SMILES string of the molecule is COc1ccc(/C=N/N=C2\SCC(=O)N2Cc2ccccc2)cc1OC. The van der Waals surface area contributed by atoms with E-state index in [9.17, 15) is 4.79 Å². The number of ether oxygens (including phenoxy) is 2. The number of methoxy groups -OCH3 is 2. The fourth-order valence-corrected chi connectivity index (χ4v) is 3.31. The maximum Gasteiger partial charge on any atom is 0.239 e. The van der Waals surface area contributed by atoms with Crippen molar-refractivity contribution in [3.05, 3.63) is 59.7 Å². The largest absolute Gasteiger partial charge is 0.493 e. The summed E-state index contributed by atoms with van der Waals surface area (Å²) in [5.41, 5.74) is 1.89. The number of benzene rings is 2. The van der Waals surface area contributed by atoms with Gasteiger partial charge in [-0.3, -0.25) is 9.69 Å². The van der Waals surface area contributed by atoms with Gasteiger partial charge in [0, 0.05) is 0 Å². The van der Waals surface area contributed by atoms with Gasteiger partial charge in [-0.15, -0.1) is 5.10 Å². The molecule has 0 saturated carbocycles. The van der Waals surface area contributed by atoms with Crippen LogP contribution in [0.15, 0.2) is 58.7 Å². The molecule has 0 aliphatic carbocycles. The van der Waals surface area contributed by atoms with E-state index in [4.69, 9.17) is 9.47 Å². The monoisotopic (exact) mass is 369 g/mol. The first-order chi connectivity index (χ1) is 12.7. The summed E-state index contributed by atoms with van der Waals surface area (Å²) in [6.45, 7) is 0.497. The average molecular weight is 369 g/mol. The molecule has 7 heteroatoms. The second-order valence-corrected chi connectivity index (χ2v) is 6.44. The van der Waals surface area contributed by atoms with Crippen LogP contribution in [-0.4, -0.2) is 42.2 Å². The van der Waals surface area contributed by atoms with E-state index >= 15 is 0 Å². The van der Waals surface area contributed by atoms with Crippen molar-refractivity contribution in [3.8, 4) is 11.5 Å². The van der Waals surface area contributed by atoms with Crippen molar-refractivity contribution in [2.45, 2.75) is 6.54 Å². The van der Waals surface area contributed by atoms with E-state index in [1.807, 2.05) is 48.5 Å². The Labute approximate surface area is 156 Å². The number of carbonyl (C=O) groups is 1. The molecule has 26 heavy (non-hydrogen) atoms. The van der Waals surface area contributed by atoms with E-state index in [1.54, 1.807) is 25.3 Å². The summed E-state index contributed by atoms with van der Waals surface area (Å²) in [6, 6.07) is 15.3. The van der Waals surface area contributed by atoms with Crippen LogP contribution in [0, 0.1) is 0 Å². The Bertz CT molecular complexity index is 837. The van der Waals surface area contributed by atoms with E-state index in [1.165, 1.54) is 11.8 Å². The Morgan fingerprint density at radius 3 is 2.62 bits per heavy atom. The molecule has 1 amide bonds. The first-order valence-electron chi connectivity index (χ1n) is 8.01. The molecule has 2 aromatic rings. The summed E-state index contributed by atoms with van der Waals surface area (Å²) in [5.74, 6) is 1.71. The van der Waals surface area contributed by atoms with Gasteiger partial charge in [0.1, 0.15) is 0 Å². The number of rotatable bonds is 6. The summed E-state index contributed by atoms with van der Waals surface area (Å²) in [5, 5.41) is 8.97. The average Bonchev–Trinajstić information content (AvgIpc) is 3.02. The topological polar surface area (TPSA) is 63.5 Å². The molecule has 6 nitrogen and oxygen atoms in total. The number of amidine groups is 1. The van der Waals surface area contributed by atoms with Gasteiger partial charge >= 0.3 is 0 Å². The van der Waals surface area contributed by atoms with Crippen LogP contribution in [0.25, 0.3) is 0 Å². The van der Waals surface area contributed by atoms with E-state index in [0.717, 1.165) is 11.1 Å². The molecule has 134 valence electrons. The van der Waals surface area contributed by atoms with E-state index in [2.05, 4.69) is 10.2 Å². The Balaban J connectivity index is 1.74. The first-order valence-corrected chi connectivity index (χ1v) is 9.00. The molecule has 3 rings (SSSR count). The molecule has 0 bridgehead atoms. The maximum absolute atomic E-state index is 12.1. The number of thioether (sulfide) groups is 1. The number of hydrogen-bond donors (Lipinski definition) is 0. The number of amides is 1. The van der Waals surface area contributed by atoms with Crippen LogP contribution in [0.3, 0.4) is 0 Å². The van der Waals surface area contributed by atoms with Crippen LogP contribution < -0.4 is 9.47 Å². The highest BCUT2D eigenvalue weighted by Gasteiger charge is 2.28. The Morgan fingerprint density at radius 1 is 1.12 bits per heavy atom. The Hall–Kier alpha value is -2.80.